The van der Waals surface area contributed by atoms with Gasteiger partial charge in [0.1, 0.15) is 11.1 Å². The highest BCUT2D eigenvalue weighted by atomic mass is 35.5. The molecule has 4 rings (SSSR count). The predicted molar refractivity (Wildman–Crippen MR) is 126 cm³/mol. The average Bonchev–Trinajstić information content (AvgIpc) is 3.22. The highest BCUT2D eigenvalue weighted by Crippen LogP contribution is 2.32. The Morgan fingerprint density at radius 2 is 1.81 bits per heavy atom. The number of piperazine rings is 1. The molecule has 0 radical (unpaired) electrons. The smallest absolute Gasteiger partial charge is 0.224 e. The number of anilines is 1. The van der Waals surface area contributed by atoms with Gasteiger partial charge >= 0.3 is 0 Å². The normalized spacial score (nSPS) is 18.0. The molecule has 0 bridgehead atoms. The third-order valence-corrected chi connectivity index (χ3v) is 8.22. The molecule has 0 saturated carbocycles. The summed E-state index contributed by atoms with van der Waals surface area (Å²) in [6, 6.07) is 12.4. The zero-order valence-electron chi connectivity index (χ0n) is 17.5. The van der Waals surface area contributed by atoms with E-state index in [1.807, 2.05) is 18.2 Å². The number of hydrogen-bond donors (Lipinski definition) is 1. The summed E-state index contributed by atoms with van der Waals surface area (Å²) in [5.41, 5.74) is 4.13. The number of sulfonamides is 1. The van der Waals surface area contributed by atoms with E-state index in [0.29, 0.717) is 26.2 Å². The largest absolute Gasteiger partial charge is 0.384 e. The van der Waals surface area contributed by atoms with Crippen LogP contribution in [0.3, 0.4) is 0 Å². The van der Waals surface area contributed by atoms with Crippen LogP contribution in [0.2, 0.25) is 0 Å². The number of nitrogens with one attached hydrogen (secondary N) is 1. The van der Waals surface area contributed by atoms with Crippen LogP contribution >= 0.6 is 12.4 Å². The molecule has 0 aliphatic carbocycles. The van der Waals surface area contributed by atoms with E-state index in [1.165, 1.54) is 17.7 Å². The van der Waals surface area contributed by atoms with Gasteiger partial charge in [0.2, 0.25) is 10.0 Å². The van der Waals surface area contributed by atoms with Gasteiger partial charge in [-0.2, -0.15) is 4.31 Å². The molecule has 2 aromatic carbocycles. The van der Waals surface area contributed by atoms with E-state index in [1.54, 1.807) is 22.5 Å². The molecular weight excluding hydrogens is 437 g/mol. The third-order valence-electron chi connectivity index (χ3n) is 6.02. The summed E-state index contributed by atoms with van der Waals surface area (Å²) >= 11 is 0. The van der Waals surface area contributed by atoms with Crippen molar-refractivity contribution in [2.45, 2.75) is 18.1 Å². The van der Waals surface area contributed by atoms with Gasteiger partial charge in [0, 0.05) is 45.0 Å². The minimum atomic E-state index is -3.51. The SMILES string of the molecule is C=CC(c1ccc2c(c1)CCN2)S(=O)(=O)N1CCN(CCc2ccc(F)cc2)CC1.Cl. The second-order valence-electron chi connectivity index (χ2n) is 7.91. The van der Waals surface area contributed by atoms with Gasteiger partial charge in [-0.15, -0.1) is 19.0 Å². The lowest BCUT2D eigenvalue weighted by atomic mass is 10.1. The molecular formula is C23H29ClFN3O2S. The summed E-state index contributed by atoms with van der Waals surface area (Å²) in [5.74, 6) is -0.228. The maximum Gasteiger partial charge on any atom is 0.224 e. The second kappa shape index (κ2) is 10.1. The minimum Gasteiger partial charge on any atom is -0.384 e. The number of nitrogens with zero attached hydrogens (tertiary/aromatic N) is 2. The van der Waals surface area contributed by atoms with Crippen LogP contribution in [-0.4, -0.2) is 56.9 Å². The number of rotatable bonds is 7. The highest BCUT2D eigenvalue weighted by molar-refractivity contribution is 7.89. The van der Waals surface area contributed by atoms with Crippen LogP contribution in [0.25, 0.3) is 0 Å². The summed E-state index contributed by atoms with van der Waals surface area (Å²) in [7, 11) is -3.51. The highest BCUT2D eigenvalue weighted by Gasteiger charge is 2.34. The Hall–Kier alpha value is -1.93. The van der Waals surface area contributed by atoms with Crippen molar-refractivity contribution in [2.24, 2.45) is 0 Å². The fourth-order valence-electron chi connectivity index (χ4n) is 4.24. The fraction of sp³-hybridized carbons (Fsp3) is 0.391. The molecule has 8 heteroatoms. The molecule has 5 nitrogen and oxygen atoms in total. The minimum absolute atomic E-state index is 0. The van der Waals surface area contributed by atoms with Gasteiger partial charge in [0.25, 0.3) is 0 Å². The maximum absolute atomic E-state index is 13.3. The Morgan fingerprint density at radius 3 is 2.48 bits per heavy atom. The molecule has 168 valence electrons. The van der Waals surface area contributed by atoms with Gasteiger partial charge in [-0.1, -0.05) is 30.3 Å². The van der Waals surface area contributed by atoms with Crippen LogP contribution in [-0.2, 0) is 22.9 Å². The van der Waals surface area contributed by atoms with Crippen molar-refractivity contribution in [2.75, 3.05) is 44.6 Å². The maximum atomic E-state index is 13.3. The van der Waals surface area contributed by atoms with E-state index >= 15 is 0 Å². The summed E-state index contributed by atoms with van der Waals surface area (Å²) in [6.45, 7) is 7.88. The van der Waals surface area contributed by atoms with Crippen molar-refractivity contribution in [3.05, 3.63) is 77.6 Å². The van der Waals surface area contributed by atoms with Crippen molar-refractivity contribution in [1.82, 2.24) is 9.21 Å². The van der Waals surface area contributed by atoms with Crippen LogP contribution in [0.15, 0.2) is 55.1 Å². The monoisotopic (exact) mass is 465 g/mol. The molecule has 2 aromatic rings. The molecule has 0 amide bonds. The van der Waals surface area contributed by atoms with E-state index in [4.69, 9.17) is 0 Å². The van der Waals surface area contributed by atoms with Crippen LogP contribution in [0.4, 0.5) is 10.1 Å². The zero-order chi connectivity index (χ0) is 21.1. The van der Waals surface area contributed by atoms with Crippen molar-refractivity contribution >= 4 is 28.1 Å². The van der Waals surface area contributed by atoms with Crippen molar-refractivity contribution in [1.29, 1.82) is 0 Å². The third kappa shape index (κ3) is 5.29. The van der Waals surface area contributed by atoms with E-state index in [9.17, 15) is 12.8 Å². The van der Waals surface area contributed by atoms with Crippen molar-refractivity contribution < 1.29 is 12.8 Å². The first-order valence-electron chi connectivity index (χ1n) is 10.4. The standard InChI is InChI=1S/C23H28FN3O2S.ClH/c1-2-23(20-5-8-22-19(17-20)9-11-25-22)30(28,29)27-15-13-26(14-16-27)12-10-18-3-6-21(24)7-4-18;/h2-8,17,23,25H,1,9-16H2;1H. The van der Waals surface area contributed by atoms with Gasteiger partial charge in [-0.3, -0.25) is 0 Å². The van der Waals surface area contributed by atoms with E-state index < -0.39 is 15.3 Å². The van der Waals surface area contributed by atoms with Gasteiger partial charge in [0.15, 0.2) is 0 Å². The number of hydrogen-bond acceptors (Lipinski definition) is 4. The number of benzene rings is 2. The molecule has 2 heterocycles. The lowest BCUT2D eigenvalue weighted by Gasteiger charge is -2.35. The second-order valence-corrected chi connectivity index (χ2v) is 9.97. The lowest BCUT2D eigenvalue weighted by molar-refractivity contribution is 0.189. The van der Waals surface area contributed by atoms with Crippen LogP contribution in [0.1, 0.15) is 21.9 Å². The summed E-state index contributed by atoms with van der Waals surface area (Å²) in [6.07, 6.45) is 3.28. The first-order valence-corrected chi connectivity index (χ1v) is 11.9. The molecule has 2 aliphatic rings. The Kier molecular flexibility index (Phi) is 7.75. The van der Waals surface area contributed by atoms with E-state index in [2.05, 4.69) is 16.8 Å². The fourth-order valence-corrected chi connectivity index (χ4v) is 5.97. The quantitative estimate of drug-likeness (QED) is 0.634. The molecule has 0 spiro atoms. The molecule has 1 N–H and O–H groups in total. The summed E-state index contributed by atoms with van der Waals surface area (Å²) < 4.78 is 41.3. The van der Waals surface area contributed by atoms with E-state index in [0.717, 1.165) is 42.7 Å². The van der Waals surface area contributed by atoms with Crippen LogP contribution in [0.5, 0.6) is 0 Å². The first-order chi connectivity index (χ1) is 14.5. The summed E-state index contributed by atoms with van der Waals surface area (Å²) in [5, 5.41) is 2.58. The topological polar surface area (TPSA) is 52.7 Å². The molecule has 1 fully saturated rings. The van der Waals surface area contributed by atoms with E-state index in [-0.39, 0.29) is 18.2 Å². The van der Waals surface area contributed by atoms with Crippen molar-refractivity contribution in [3.63, 3.8) is 0 Å². The lowest BCUT2D eigenvalue weighted by Crippen LogP contribution is -2.49. The van der Waals surface area contributed by atoms with Crippen LogP contribution < -0.4 is 5.32 Å². The summed E-state index contributed by atoms with van der Waals surface area (Å²) in [4.78, 5) is 2.26. The Bertz CT molecular complexity index is 1010. The molecule has 0 aromatic heterocycles. The molecule has 1 atom stereocenters. The molecule has 1 unspecified atom stereocenters. The predicted octanol–water partition coefficient (Wildman–Crippen LogP) is 3.63. The zero-order valence-corrected chi connectivity index (χ0v) is 19.1. The van der Waals surface area contributed by atoms with Crippen LogP contribution in [0, 0.1) is 5.82 Å². The van der Waals surface area contributed by atoms with Gasteiger partial charge in [-0.05, 0) is 47.7 Å². The van der Waals surface area contributed by atoms with Gasteiger partial charge in [0.05, 0.1) is 0 Å². The molecule has 2 aliphatic heterocycles. The molecule has 1 saturated heterocycles. The Morgan fingerprint density at radius 1 is 1.10 bits per heavy atom. The Labute approximate surface area is 190 Å². The Balaban J connectivity index is 0.00000272. The number of fused-ring (bicyclic) bond motifs is 1. The molecule has 31 heavy (non-hydrogen) atoms. The van der Waals surface area contributed by atoms with Gasteiger partial charge < -0.3 is 10.2 Å². The first kappa shape index (κ1) is 23.7. The number of halogens is 2. The van der Waals surface area contributed by atoms with Crippen molar-refractivity contribution in [3.8, 4) is 0 Å². The average molecular weight is 466 g/mol. The van der Waals surface area contributed by atoms with Gasteiger partial charge in [-0.25, -0.2) is 12.8 Å².